The van der Waals surface area contributed by atoms with E-state index in [4.69, 9.17) is 0 Å². The number of halogens is 1. The molecule has 2 aromatic carbocycles. The largest absolute Gasteiger partial charge is 0.504 e. The van der Waals surface area contributed by atoms with Crippen molar-refractivity contribution >= 4 is 34.1 Å². The van der Waals surface area contributed by atoms with Gasteiger partial charge >= 0.3 is 0 Å². The van der Waals surface area contributed by atoms with Crippen molar-refractivity contribution in [3.05, 3.63) is 89.1 Å². The fourth-order valence-electron chi connectivity index (χ4n) is 3.95. The molecule has 10 heteroatoms. The SMILES string of the molecule is CCC(O)CNC(=O)c1nc(C(=O)Nc2ccc(N(C)C)cc2)c2cc(Cc3ccc(F)cc3)cnc2c1O. The summed E-state index contributed by atoms with van der Waals surface area (Å²) >= 11 is 0. The van der Waals surface area contributed by atoms with E-state index in [1.165, 1.54) is 18.3 Å². The van der Waals surface area contributed by atoms with Gasteiger partial charge in [0, 0.05) is 43.6 Å². The molecule has 2 heterocycles. The second kappa shape index (κ2) is 11.9. The topological polar surface area (TPSA) is 128 Å². The second-order valence-corrected chi connectivity index (χ2v) is 9.37. The highest BCUT2D eigenvalue weighted by Crippen LogP contribution is 2.30. The molecule has 2 amide bonds. The third-order valence-electron chi connectivity index (χ3n) is 6.23. The van der Waals surface area contributed by atoms with Crippen LogP contribution < -0.4 is 15.5 Å². The first-order chi connectivity index (χ1) is 18.7. The molecule has 4 N–H and O–H groups in total. The summed E-state index contributed by atoms with van der Waals surface area (Å²) in [7, 11) is 3.81. The quantitative estimate of drug-likeness (QED) is 0.258. The van der Waals surface area contributed by atoms with Crippen molar-refractivity contribution in [2.45, 2.75) is 25.9 Å². The maximum absolute atomic E-state index is 13.4. The number of nitrogens with one attached hydrogen (secondary N) is 2. The molecule has 0 aliphatic heterocycles. The fourth-order valence-corrected chi connectivity index (χ4v) is 3.95. The van der Waals surface area contributed by atoms with E-state index in [0.717, 1.165) is 11.3 Å². The Kier molecular flexibility index (Phi) is 8.36. The maximum Gasteiger partial charge on any atom is 0.274 e. The number of aliphatic hydroxyl groups excluding tert-OH is 1. The van der Waals surface area contributed by atoms with Gasteiger partial charge in [-0.05, 0) is 66.4 Å². The van der Waals surface area contributed by atoms with Gasteiger partial charge in [0.1, 0.15) is 17.0 Å². The number of anilines is 2. The lowest BCUT2D eigenvalue weighted by Crippen LogP contribution is -2.32. The number of pyridine rings is 2. The molecule has 9 nitrogen and oxygen atoms in total. The van der Waals surface area contributed by atoms with Crippen LogP contribution in [0.5, 0.6) is 5.75 Å². The number of benzene rings is 2. The molecule has 4 aromatic rings. The van der Waals surface area contributed by atoms with Gasteiger partial charge in [-0.2, -0.15) is 0 Å². The number of aliphatic hydroxyl groups is 1. The van der Waals surface area contributed by atoms with Crippen LogP contribution >= 0.6 is 0 Å². The minimum Gasteiger partial charge on any atom is -0.504 e. The Labute approximate surface area is 225 Å². The van der Waals surface area contributed by atoms with E-state index in [1.807, 2.05) is 31.1 Å². The Hall–Kier alpha value is -4.57. The zero-order valence-corrected chi connectivity index (χ0v) is 21.9. The van der Waals surface area contributed by atoms with Gasteiger partial charge in [0.05, 0.1) is 6.10 Å². The average Bonchev–Trinajstić information content (AvgIpc) is 2.93. The number of hydrogen-bond acceptors (Lipinski definition) is 7. The van der Waals surface area contributed by atoms with Crippen molar-refractivity contribution in [1.29, 1.82) is 0 Å². The van der Waals surface area contributed by atoms with E-state index in [-0.39, 0.29) is 34.7 Å². The minimum absolute atomic E-state index is 0.0298. The number of hydrogen-bond donors (Lipinski definition) is 4. The number of fused-ring (bicyclic) bond motifs is 1. The third kappa shape index (κ3) is 6.47. The van der Waals surface area contributed by atoms with Gasteiger partial charge in [0.15, 0.2) is 11.4 Å². The van der Waals surface area contributed by atoms with Gasteiger partial charge in [-0.25, -0.2) is 9.37 Å². The molecule has 202 valence electrons. The highest BCUT2D eigenvalue weighted by atomic mass is 19.1. The van der Waals surface area contributed by atoms with Gasteiger partial charge in [-0.1, -0.05) is 19.1 Å². The van der Waals surface area contributed by atoms with Crippen LogP contribution in [0.3, 0.4) is 0 Å². The Bertz CT molecular complexity index is 1490. The Morgan fingerprint density at radius 1 is 1.00 bits per heavy atom. The zero-order chi connectivity index (χ0) is 28.1. The molecule has 0 aliphatic carbocycles. The Morgan fingerprint density at radius 3 is 2.33 bits per heavy atom. The molecule has 0 spiro atoms. The predicted molar refractivity (Wildman–Crippen MR) is 148 cm³/mol. The summed E-state index contributed by atoms with van der Waals surface area (Å²) in [5, 5.41) is 26.3. The van der Waals surface area contributed by atoms with Gasteiger partial charge in [-0.3, -0.25) is 14.6 Å². The molecule has 39 heavy (non-hydrogen) atoms. The van der Waals surface area contributed by atoms with E-state index >= 15 is 0 Å². The summed E-state index contributed by atoms with van der Waals surface area (Å²) in [4.78, 5) is 36.8. The molecule has 0 fully saturated rings. The van der Waals surface area contributed by atoms with Crippen LogP contribution in [0.15, 0.2) is 60.8 Å². The zero-order valence-electron chi connectivity index (χ0n) is 21.9. The van der Waals surface area contributed by atoms with E-state index in [9.17, 15) is 24.2 Å². The predicted octanol–water partition coefficient (Wildman–Crippen LogP) is 3.88. The van der Waals surface area contributed by atoms with Crippen molar-refractivity contribution in [3.8, 4) is 5.75 Å². The van der Waals surface area contributed by atoms with Crippen LogP contribution in [0.2, 0.25) is 0 Å². The average molecular weight is 532 g/mol. The first-order valence-corrected chi connectivity index (χ1v) is 12.5. The third-order valence-corrected chi connectivity index (χ3v) is 6.23. The summed E-state index contributed by atoms with van der Waals surface area (Å²) in [5.74, 6) is -2.17. The number of rotatable bonds is 9. The normalized spacial score (nSPS) is 11.7. The molecule has 0 aliphatic rings. The highest BCUT2D eigenvalue weighted by molar-refractivity contribution is 6.14. The summed E-state index contributed by atoms with van der Waals surface area (Å²) in [6, 6.07) is 14.9. The van der Waals surface area contributed by atoms with E-state index in [0.29, 0.717) is 24.1 Å². The maximum atomic E-state index is 13.4. The van der Waals surface area contributed by atoms with Crippen LogP contribution in [0, 0.1) is 5.82 Å². The Balaban J connectivity index is 1.75. The van der Waals surface area contributed by atoms with Gasteiger partial charge in [0.25, 0.3) is 11.8 Å². The minimum atomic E-state index is -0.767. The number of aromatic hydroxyl groups is 1. The number of nitrogens with zero attached hydrogens (tertiary/aromatic N) is 3. The smallest absolute Gasteiger partial charge is 0.274 e. The number of carbonyl (C=O) groups is 2. The van der Waals surface area contributed by atoms with Crippen molar-refractivity contribution in [2.24, 2.45) is 0 Å². The van der Waals surface area contributed by atoms with Crippen LogP contribution in [0.4, 0.5) is 15.8 Å². The molecule has 2 aromatic heterocycles. The summed E-state index contributed by atoms with van der Waals surface area (Å²) < 4.78 is 13.3. The molecule has 4 rings (SSSR count). The van der Waals surface area contributed by atoms with Crippen LogP contribution in [0.25, 0.3) is 10.9 Å². The first-order valence-electron chi connectivity index (χ1n) is 12.5. The Morgan fingerprint density at radius 2 is 1.69 bits per heavy atom. The van der Waals surface area contributed by atoms with Crippen LogP contribution in [-0.2, 0) is 6.42 Å². The molecule has 0 saturated carbocycles. The molecule has 1 atom stereocenters. The number of amides is 2. The molecule has 0 saturated heterocycles. The second-order valence-electron chi connectivity index (χ2n) is 9.37. The highest BCUT2D eigenvalue weighted by Gasteiger charge is 2.24. The van der Waals surface area contributed by atoms with Crippen molar-refractivity contribution in [2.75, 3.05) is 30.9 Å². The van der Waals surface area contributed by atoms with Gasteiger partial charge in [0.2, 0.25) is 0 Å². The van der Waals surface area contributed by atoms with E-state index in [1.54, 1.807) is 37.3 Å². The fraction of sp³-hybridized carbons (Fsp3) is 0.241. The lowest BCUT2D eigenvalue weighted by Gasteiger charge is -2.15. The monoisotopic (exact) mass is 531 g/mol. The molecular weight excluding hydrogens is 501 g/mol. The molecule has 1 unspecified atom stereocenters. The molecule has 0 bridgehead atoms. The van der Waals surface area contributed by atoms with Gasteiger partial charge < -0.3 is 25.7 Å². The van der Waals surface area contributed by atoms with Crippen LogP contribution in [-0.4, -0.2) is 58.7 Å². The van der Waals surface area contributed by atoms with Crippen molar-refractivity contribution in [3.63, 3.8) is 0 Å². The van der Waals surface area contributed by atoms with E-state index < -0.39 is 23.7 Å². The summed E-state index contributed by atoms with van der Waals surface area (Å²) in [6.45, 7) is 1.72. The molecular formula is C29H30FN5O4. The van der Waals surface area contributed by atoms with E-state index in [2.05, 4.69) is 20.6 Å². The number of carbonyl (C=O) groups excluding carboxylic acids is 2. The van der Waals surface area contributed by atoms with Crippen LogP contribution in [0.1, 0.15) is 45.4 Å². The molecule has 0 radical (unpaired) electrons. The summed E-state index contributed by atoms with van der Waals surface area (Å²) in [5.41, 5.74) is 2.54. The van der Waals surface area contributed by atoms with Crippen molar-refractivity contribution < 1.29 is 24.2 Å². The lowest BCUT2D eigenvalue weighted by atomic mass is 10.0. The summed E-state index contributed by atoms with van der Waals surface area (Å²) in [6.07, 6.45) is 1.58. The first kappa shape index (κ1) is 27.5. The number of aromatic nitrogens is 2. The van der Waals surface area contributed by atoms with Crippen molar-refractivity contribution in [1.82, 2.24) is 15.3 Å². The van der Waals surface area contributed by atoms with Gasteiger partial charge in [-0.15, -0.1) is 0 Å². The standard InChI is InChI=1S/C29H30FN5O4/c1-4-22(36)16-32-28(38)26-27(37)24-23(14-18(15-31-24)13-17-5-7-19(30)8-6-17)25(34-26)29(39)33-20-9-11-21(12-10-20)35(2)3/h5-12,14-15,22,36-37H,4,13,16H2,1-3H3,(H,32,38)(H,33,39). The lowest BCUT2D eigenvalue weighted by molar-refractivity contribution is 0.0906.